The minimum absolute atomic E-state index is 0.0172. The topological polar surface area (TPSA) is 49.8 Å². The Morgan fingerprint density at radius 3 is 2.91 bits per heavy atom. The van der Waals surface area contributed by atoms with Crippen LogP contribution in [0, 0.1) is 0 Å². The van der Waals surface area contributed by atoms with E-state index in [1.807, 2.05) is 0 Å². The standard InChI is InChI=1S/C6H10ClNO3/c7-4-8(6(9)10)5-1-2-11-3-5/h5H,1-4H2,(H,9,10). The zero-order valence-electron chi connectivity index (χ0n) is 5.99. The zero-order chi connectivity index (χ0) is 8.27. The number of carbonyl (C=O) groups is 1. The van der Waals surface area contributed by atoms with Crippen molar-refractivity contribution >= 4 is 17.7 Å². The molecule has 64 valence electrons. The maximum Gasteiger partial charge on any atom is 0.408 e. The van der Waals surface area contributed by atoms with E-state index in [0.29, 0.717) is 13.2 Å². The van der Waals surface area contributed by atoms with Crippen LogP contribution in [-0.2, 0) is 4.74 Å². The summed E-state index contributed by atoms with van der Waals surface area (Å²) in [5.41, 5.74) is 0. The van der Waals surface area contributed by atoms with Crippen LogP contribution < -0.4 is 0 Å². The highest BCUT2D eigenvalue weighted by molar-refractivity contribution is 6.18. The highest BCUT2D eigenvalue weighted by atomic mass is 35.5. The predicted octanol–water partition coefficient (Wildman–Crippen LogP) is 0.952. The molecule has 1 aliphatic heterocycles. The first-order valence-corrected chi connectivity index (χ1v) is 3.92. The highest BCUT2D eigenvalue weighted by Gasteiger charge is 2.25. The molecule has 0 bridgehead atoms. The monoisotopic (exact) mass is 179 g/mol. The van der Waals surface area contributed by atoms with E-state index in [-0.39, 0.29) is 12.0 Å². The van der Waals surface area contributed by atoms with Gasteiger partial charge < -0.3 is 9.84 Å². The summed E-state index contributed by atoms with van der Waals surface area (Å²) < 4.78 is 5.03. The summed E-state index contributed by atoms with van der Waals surface area (Å²) in [4.78, 5) is 11.7. The van der Waals surface area contributed by atoms with Crippen LogP contribution >= 0.6 is 11.6 Å². The van der Waals surface area contributed by atoms with E-state index in [1.54, 1.807) is 0 Å². The van der Waals surface area contributed by atoms with E-state index in [1.165, 1.54) is 4.90 Å². The van der Waals surface area contributed by atoms with Gasteiger partial charge in [0, 0.05) is 6.61 Å². The summed E-state index contributed by atoms with van der Waals surface area (Å²) in [5, 5.41) is 8.62. The number of nitrogens with zero attached hydrogens (tertiary/aromatic N) is 1. The van der Waals surface area contributed by atoms with Crippen molar-refractivity contribution in [3.05, 3.63) is 0 Å². The van der Waals surface area contributed by atoms with E-state index >= 15 is 0 Å². The predicted molar refractivity (Wildman–Crippen MR) is 39.8 cm³/mol. The van der Waals surface area contributed by atoms with Gasteiger partial charge in [0.05, 0.1) is 18.7 Å². The lowest BCUT2D eigenvalue weighted by Crippen LogP contribution is -2.38. The fraction of sp³-hybridized carbons (Fsp3) is 0.833. The average molecular weight is 180 g/mol. The maximum atomic E-state index is 10.5. The summed E-state index contributed by atoms with van der Waals surface area (Å²) in [6.45, 7) is 1.10. The second-order valence-corrected chi connectivity index (χ2v) is 2.63. The molecule has 1 heterocycles. The molecular formula is C6H10ClNO3. The largest absolute Gasteiger partial charge is 0.465 e. The Hall–Kier alpha value is -0.480. The molecule has 1 rings (SSSR count). The summed E-state index contributed by atoms with van der Waals surface area (Å²) >= 11 is 5.43. The van der Waals surface area contributed by atoms with Crippen molar-refractivity contribution in [3.8, 4) is 0 Å². The van der Waals surface area contributed by atoms with Crippen molar-refractivity contribution in [1.29, 1.82) is 0 Å². The molecule has 0 saturated carbocycles. The van der Waals surface area contributed by atoms with Crippen LogP contribution in [0.15, 0.2) is 0 Å². The van der Waals surface area contributed by atoms with Gasteiger partial charge >= 0.3 is 6.09 Å². The molecule has 11 heavy (non-hydrogen) atoms. The van der Waals surface area contributed by atoms with Crippen LogP contribution in [0.1, 0.15) is 6.42 Å². The number of hydrogen-bond donors (Lipinski definition) is 1. The molecule has 0 radical (unpaired) electrons. The number of amides is 1. The lowest BCUT2D eigenvalue weighted by molar-refractivity contribution is 0.122. The van der Waals surface area contributed by atoms with E-state index in [9.17, 15) is 4.79 Å². The summed E-state index contributed by atoms with van der Waals surface area (Å²) in [6, 6.07) is -0.0337. The molecule has 1 saturated heterocycles. The summed E-state index contributed by atoms with van der Waals surface area (Å²) in [6.07, 6.45) is -0.227. The lowest BCUT2D eigenvalue weighted by Gasteiger charge is -2.21. The van der Waals surface area contributed by atoms with Gasteiger partial charge in [-0.15, -0.1) is 11.6 Å². The second kappa shape index (κ2) is 3.78. The van der Waals surface area contributed by atoms with Crippen molar-refractivity contribution in [3.63, 3.8) is 0 Å². The van der Waals surface area contributed by atoms with Gasteiger partial charge in [-0.1, -0.05) is 0 Å². The van der Waals surface area contributed by atoms with Crippen molar-refractivity contribution < 1.29 is 14.6 Å². The van der Waals surface area contributed by atoms with E-state index in [2.05, 4.69) is 0 Å². The van der Waals surface area contributed by atoms with Crippen LogP contribution in [0.2, 0.25) is 0 Å². The minimum atomic E-state index is -0.976. The van der Waals surface area contributed by atoms with E-state index in [4.69, 9.17) is 21.4 Å². The number of carboxylic acid groups (broad SMARTS) is 1. The first-order valence-electron chi connectivity index (χ1n) is 3.39. The molecule has 0 aromatic carbocycles. The average Bonchev–Trinajstić information content (AvgIpc) is 2.40. The maximum absolute atomic E-state index is 10.5. The minimum Gasteiger partial charge on any atom is -0.465 e. The van der Waals surface area contributed by atoms with Crippen molar-refractivity contribution in [1.82, 2.24) is 4.90 Å². The number of rotatable bonds is 2. The molecule has 1 unspecified atom stereocenters. The molecule has 1 aliphatic rings. The molecule has 1 N–H and O–H groups in total. The van der Waals surface area contributed by atoms with Gasteiger partial charge in [0.2, 0.25) is 0 Å². The SMILES string of the molecule is O=C(O)N(CCl)C1CCOC1. The van der Waals surface area contributed by atoms with E-state index in [0.717, 1.165) is 6.42 Å². The van der Waals surface area contributed by atoms with Crippen molar-refractivity contribution in [2.45, 2.75) is 12.5 Å². The van der Waals surface area contributed by atoms with Gasteiger partial charge in [0.1, 0.15) is 0 Å². The van der Waals surface area contributed by atoms with Crippen LogP contribution in [0.5, 0.6) is 0 Å². The Morgan fingerprint density at radius 2 is 2.55 bits per heavy atom. The first-order chi connectivity index (χ1) is 5.25. The molecule has 1 atom stereocenters. The number of alkyl halides is 1. The smallest absolute Gasteiger partial charge is 0.408 e. The van der Waals surface area contributed by atoms with E-state index < -0.39 is 6.09 Å². The molecule has 1 amide bonds. The number of halogens is 1. The zero-order valence-corrected chi connectivity index (χ0v) is 6.75. The number of ether oxygens (including phenoxy) is 1. The third-order valence-electron chi connectivity index (χ3n) is 1.72. The fourth-order valence-corrected chi connectivity index (χ4v) is 1.37. The Kier molecular flexibility index (Phi) is 2.96. The Labute approximate surface area is 69.7 Å². The van der Waals surface area contributed by atoms with Crippen LogP contribution in [0.4, 0.5) is 4.79 Å². The highest BCUT2D eigenvalue weighted by Crippen LogP contribution is 2.12. The quantitative estimate of drug-likeness (QED) is 0.507. The van der Waals surface area contributed by atoms with Crippen LogP contribution in [0.25, 0.3) is 0 Å². The van der Waals surface area contributed by atoms with Gasteiger partial charge in [-0.2, -0.15) is 0 Å². The van der Waals surface area contributed by atoms with Crippen molar-refractivity contribution in [2.24, 2.45) is 0 Å². The molecule has 0 aromatic heterocycles. The molecule has 4 nitrogen and oxygen atoms in total. The van der Waals surface area contributed by atoms with Gasteiger partial charge in [-0.05, 0) is 6.42 Å². The third kappa shape index (κ3) is 1.97. The van der Waals surface area contributed by atoms with Gasteiger partial charge in [0.25, 0.3) is 0 Å². The van der Waals surface area contributed by atoms with Gasteiger partial charge in [-0.25, -0.2) is 4.79 Å². The third-order valence-corrected chi connectivity index (χ3v) is 1.98. The molecule has 5 heteroatoms. The lowest BCUT2D eigenvalue weighted by atomic mass is 10.2. The Balaban J connectivity index is 2.46. The summed E-state index contributed by atoms with van der Waals surface area (Å²) in [5.74, 6) is 0. The number of hydrogen-bond acceptors (Lipinski definition) is 2. The summed E-state index contributed by atoms with van der Waals surface area (Å²) in [7, 11) is 0. The fourth-order valence-electron chi connectivity index (χ4n) is 1.07. The van der Waals surface area contributed by atoms with Gasteiger partial charge in [-0.3, -0.25) is 4.90 Å². The molecule has 0 aromatic rings. The Bertz CT molecular complexity index is 147. The van der Waals surface area contributed by atoms with Crippen LogP contribution in [-0.4, -0.2) is 41.4 Å². The molecule has 0 spiro atoms. The normalized spacial score (nSPS) is 23.5. The van der Waals surface area contributed by atoms with Crippen molar-refractivity contribution in [2.75, 3.05) is 19.2 Å². The molecule has 0 aliphatic carbocycles. The second-order valence-electron chi connectivity index (χ2n) is 2.39. The van der Waals surface area contributed by atoms with Crippen LogP contribution in [0.3, 0.4) is 0 Å². The molecular weight excluding hydrogens is 170 g/mol. The first kappa shape index (κ1) is 8.62. The van der Waals surface area contributed by atoms with Gasteiger partial charge in [0.15, 0.2) is 0 Å². The molecule has 1 fully saturated rings. The Morgan fingerprint density at radius 1 is 1.82 bits per heavy atom.